The molecule has 1 heterocycles. The molecule has 124 valence electrons. The zero-order valence-electron chi connectivity index (χ0n) is 13.6. The number of ether oxygens (including phenoxy) is 1. The number of amides is 1. The Morgan fingerprint density at radius 2 is 1.73 bits per heavy atom. The average Bonchev–Trinajstić information content (AvgIpc) is 2.37. The molecule has 0 N–H and O–H groups in total. The Balaban J connectivity index is 3.00. The first kappa shape index (κ1) is 18.2. The molecule has 0 atom stereocenters. The van der Waals surface area contributed by atoms with Crippen molar-refractivity contribution in [1.29, 1.82) is 0 Å². The summed E-state index contributed by atoms with van der Waals surface area (Å²) in [5.74, 6) is 0. The smallest absolute Gasteiger partial charge is 0.242 e. The first-order chi connectivity index (χ1) is 10.1. The summed E-state index contributed by atoms with van der Waals surface area (Å²) in [7, 11) is -4.14. The lowest BCUT2D eigenvalue weighted by molar-refractivity contribution is 0.0661. The van der Waals surface area contributed by atoms with Gasteiger partial charge >= 0.3 is 0 Å². The predicted octanol–water partition coefficient (Wildman–Crippen LogP) is 1.70. The summed E-state index contributed by atoms with van der Waals surface area (Å²) in [6.45, 7) is 10.6. The molecule has 1 aromatic heterocycles. The molecule has 0 saturated heterocycles. The number of hydrogen-bond donors (Lipinski definition) is 0. The van der Waals surface area contributed by atoms with Crippen LogP contribution in [0.5, 0.6) is 0 Å². The van der Waals surface area contributed by atoms with Gasteiger partial charge in [-0.1, -0.05) is 0 Å². The van der Waals surface area contributed by atoms with E-state index in [0.29, 0.717) is 0 Å². The largest absolute Gasteiger partial charge is 0.492 e. The van der Waals surface area contributed by atoms with Gasteiger partial charge < -0.3 is 9.46 Å². The molecule has 22 heavy (non-hydrogen) atoms. The van der Waals surface area contributed by atoms with E-state index in [9.17, 15) is 13.2 Å². The van der Waals surface area contributed by atoms with Crippen molar-refractivity contribution in [3.8, 4) is 0 Å². The standard InChI is InChI=1S/C14H23N3O4S/c1-6-16(7-2)12-8-10-17(11-9-12)22(19,20)15-13(18)21-14(3,4)5/h8-11H,6-7H2,1-5H3. The van der Waals surface area contributed by atoms with Gasteiger partial charge in [0.15, 0.2) is 10.2 Å². The molecule has 8 heteroatoms. The van der Waals surface area contributed by atoms with E-state index in [4.69, 9.17) is 4.74 Å². The Hall–Kier alpha value is -1.83. The normalized spacial score (nSPS) is 11.9. The van der Waals surface area contributed by atoms with Gasteiger partial charge in [-0.2, -0.15) is 0 Å². The summed E-state index contributed by atoms with van der Waals surface area (Å²) in [6.07, 6.45) is 1.58. The summed E-state index contributed by atoms with van der Waals surface area (Å²) in [4.78, 5) is 11.5. The number of aromatic nitrogens is 1. The molecule has 0 aliphatic carbocycles. The van der Waals surface area contributed by atoms with E-state index in [-0.39, 0.29) is 0 Å². The SMILES string of the molecule is CC[N+](CC)=c1ccn(S(=O)(=O)[N-]C(=O)OC(C)(C)C)cc1. The molecule has 7 nitrogen and oxygen atoms in total. The van der Waals surface area contributed by atoms with Crippen LogP contribution in [0, 0.1) is 0 Å². The van der Waals surface area contributed by atoms with Crippen LogP contribution in [0.25, 0.3) is 4.72 Å². The van der Waals surface area contributed by atoms with Crippen molar-refractivity contribution in [2.75, 3.05) is 13.1 Å². The van der Waals surface area contributed by atoms with Crippen molar-refractivity contribution in [3.05, 3.63) is 34.6 Å². The van der Waals surface area contributed by atoms with Gasteiger partial charge in [0.05, 0.1) is 0 Å². The minimum absolute atomic E-state index is 0.798. The van der Waals surface area contributed by atoms with Crippen LogP contribution in [0.3, 0.4) is 0 Å². The summed E-state index contributed by atoms with van der Waals surface area (Å²) in [5.41, 5.74) is -0.798. The highest BCUT2D eigenvalue weighted by Gasteiger charge is 2.14. The Labute approximate surface area is 131 Å². The molecule has 0 unspecified atom stereocenters. The van der Waals surface area contributed by atoms with Crippen molar-refractivity contribution in [1.82, 2.24) is 8.55 Å². The highest BCUT2D eigenvalue weighted by atomic mass is 32.2. The molecule has 0 radical (unpaired) electrons. The summed E-state index contributed by atoms with van der Waals surface area (Å²) < 4.78 is 35.0. The van der Waals surface area contributed by atoms with Crippen molar-refractivity contribution in [2.45, 2.75) is 40.2 Å². The monoisotopic (exact) mass is 329 g/mol. The fourth-order valence-electron chi connectivity index (χ4n) is 1.78. The number of rotatable bonds is 4. The second-order valence-electron chi connectivity index (χ2n) is 5.61. The topological polar surface area (TPSA) is 82.5 Å². The van der Waals surface area contributed by atoms with Gasteiger partial charge in [-0.25, -0.2) is 13.0 Å². The minimum atomic E-state index is -4.14. The Morgan fingerprint density at radius 3 is 2.14 bits per heavy atom. The Morgan fingerprint density at radius 1 is 1.23 bits per heavy atom. The van der Waals surface area contributed by atoms with Crippen LogP contribution in [0.4, 0.5) is 4.79 Å². The van der Waals surface area contributed by atoms with Gasteiger partial charge in [-0.15, -0.1) is 0 Å². The highest BCUT2D eigenvalue weighted by molar-refractivity contribution is 7.93. The summed E-state index contributed by atoms with van der Waals surface area (Å²) in [6, 6.07) is 3.32. The highest BCUT2D eigenvalue weighted by Crippen LogP contribution is 2.14. The molecule has 0 aliphatic rings. The lowest BCUT2D eigenvalue weighted by atomic mass is 10.2. The number of carbonyl (C=O) groups is 1. The third-order valence-electron chi connectivity index (χ3n) is 2.76. The molecule has 0 fully saturated rings. The molecule has 1 amide bonds. The van der Waals surface area contributed by atoms with Gasteiger partial charge in [0.25, 0.3) is 0 Å². The van der Waals surface area contributed by atoms with E-state index in [1.54, 1.807) is 32.9 Å². The molecule has 1 aromatic rings. The van der Waals surface area contributed by atoms with Crippen molar-refractivity contribution >= 4 is 16.3 Å². The minimum Gasteiger partial charge on any atom is -0.492 e. The van der Waals surface area contributed by atoms with Gasteiger partial charge in [0.1, 0.15) is 18.7 Å². The first-order valence-corrected chi connectivity index (χ1v) is 8.46. The lowest BCUT2D eigenvalue weighted by Crippen LogP contribution is -2.30. The van der Waals surface area contributed by atoms with Crippen LogP contribution in [-0.2, 0) is 14.9 Å². The van der Waals surface area contributed by atoms with E-state index >= 15 is 0 Å². The first-order valence-electron chi connectivity index (χ1n) is 7.07. The van der Waals surface area contributed by atoms with Crippen LogP contribution in [0.2, 0.25) is 0 Å². The lowest BCUT2D eigenvalue weighted by Gasteiger charge is -2.27. The van der Waals surface area contributed by atoms with Gasteiger partial charge in [-0.3, -0.25) is 8.77 Å². The number of nitrogens with zero attached hydrogens (tertiary/aromatic N) is 3. The van der Waals surface area contributed by atoms with Crippen LogP contribution < -0.4 is 9.93 Å². The molecular weight excluding hydrogens is 306 g/mol. The average molecular weight is 329 g/mol. The van der Waals surface area contributed by atoms with E-state index in [1.807, 2.05) is 13.8 Å². The third-order valence-corrected chi connectivity index (χ3v) is 3.92. The zero-order chi connectivity index (χ0) is 17.0. The van der Waals surface area contributed by atoms with E-state index in [0.717, 1.165) is 22.4 Å². The van der Waals surface area contributed by atoms with Crippen molar-refractivity contribution < 1.29 is 17.9 Å². The third kappa shape index (κ3) is 5.18. The number of pyridine rings is 1. The van der Waals surface area contributed by atoms with Crippen molar-refractivity contribution in [2.24, 2.45) is 0 Å². The van der Waals surface area contributed by atoms with Crippen molar-refractivity contribution in [3.63, 3.8) is 0 Å². The Kier molecular flexibility index (Phi) is 5.76. The van der Waals surface area contributed by atoms with Crippen LogP contribution in [0.15, 0.2) is 24.5 Å². The maximum Gasteiger partial charge on any atom is 0.242 e. The summed E-state index contributed by atoms with van der Waals surface area (Å²) >= 11 is 0. The second kappa shape index (κ2) is 6.95. The quantitative estimate of drug-likeness (QED) is 0.787. The van der Waals surface area contributed by atoms with E-state index in [1.165, 1.54) is 12.4 Å². The molecule has 0 spiro atoms. The van der Waals surface area contributed by atoms with Gasteiger partial charge in [0.2, 0.25) is 11.5 Å². The molecule has 0 aliphatic heterocycles. The molecule has 0 bridgehead atoms. The summed E-state index contributed by atoms with van der Waals surface area (Å²) in [5, 5.41) is 0.897. The fraction of sp³-hybridized carbons (Fsp3) is 0.571. The zero-order valence-corrected chi connectivity index (χ0v) is 14.4. The maximum atomic E-state index is 12.0. The molecule has 0 saturated carbocycles. The van der Waals surface area contributed by atoms with Gasteiger partial charge in [0, 0.05) is 24.5 Å². The second-order valence-corrected chi connectivity index (χ2v) is 7.11. The van der Waals surface area contributed by atoms with Crippen LogP contribution in [-0.4, -0.2) is 37.2 Å². The fourth-order valence-corrected chi connectivity index (χ4v) is 2.53. The Bertz CT molecular complexity index is 673. The molecule has 1 rings (SSSR count). The number of hydrogen-bond acceptors (Lipinski definition) is 4. The number of carbonyl (C=O) groups excluding carboxylic acids is 1. The van der Waals surface area contributed by atoms with E-state index < -0.39 is 21.9 Å². The van der Waals surface area contributed by atoms with Crippen LogP contribution in [0.1, 0.15) is 34.6 Å². The maximum absolute atomic E-state index is 12.0. The predicted molar refractivity (Wildman–Crippen MR) is 84.7 cm³/mol. The van der Waals surface area contributed by atoms with E-state index in [2.05, 4.69) is 9.30 Å². The molecule has 0 aromatic carbocycles. The van der Waals surface area contributed by atoms with Crippen LogP contribution >= 0.6 is 0 Å². The van der Waals surface area contributed by atoms with Gasteiger partial charge in [-0.05, 0) is 34.6 Å². The molecular formula is C14H23N3O4S.